The molecule has 2 N–H and O–H groups in total. The third-order valence-corrected chi connectivity index (χ3v) is 5.69. The minimum Gasteiger partial charge on any atom is -0.396 e. The summed E-state index contributed by atoms with van der Waals surface area (Å²) >= 11 is 0. The first kappa shape index (κ1) is 13.1. The lowest BCUT2D eigenvalue weighted by Gasteiger charge is -2.58. The van der Waals surface area contributed by atoms with Crippen molar-refractivity contribution in [1.82, 2.24) is 0 Å². The van der Waals surface area contributed by atoms with Crippen LogP contribution < -0.4 is 0 Å². The molecule has 0 heterocycles. The fourth-order valence-electron chi connectivity index (χ4n) is 4.61. The van der Waals surface area contributed by atoms with Gasteiger partial charge in [0.1, 0.15) is 0 Å². The van der Waals surface area contributed by atoms with Gasteiger partial charge in [-0.2, -0.15) is 0 Å². The Kier molecular flexibility index (Phi) is 3.39. The Morgan fingerprint density at radius 2 is 2.00 bits per heavy atom. The van der Waals surface area contributed by atoms with Crippen molar-refractivity contribution in [3.05, 3.63) is 12.2 Å². The van der Waals surface area contributed by atoms with E-state index in [9.17, 15) is 10.2 Å². The molecule has 2 rings (SSSR count). The van der Waals surface area contributed by atoms with E-state index in [-0.39, 0.29) is 30.0 Å². The van der Waals surface area contributed by atoms with Gasteiger partial charge < -0.3 is 10.2 Å². The van der Waals surface area contributed by atoms with E-state index >= 15 is 0 Å². The van der Waals surface area contributed by atoms with Crippen molar-refractivity contribution in [3.8, 4) is 0 Å². The zero-order valence-electron chi connectivity index (χ0n) is 11.2. The lowest BCUT2D eigenvalue weighted by molar-refractivity contribution is -0.0935. The van der Waals surface area contributed by atoms with E-state index in [1.54, 1.807) is 0 Å². The van der Waals surface area contributed by atoms with Crippen LogP contribution in [0.3, 0.4) is 0 Å². The van der Waals surface area contributed by atoms with Gasteiger partial charge in [-0.15, -0.1) is 0 Å². The highest BCUT2D eigenvalue weighted by molar-refractivity contribution is 5.16. The molecule has 4 unspecified atom stereocenters. The average Bonchev–Trinajstić information content (AvgIpc) is 2.28. The molecule has 2 aliphatic carbocycles. The monoisotopic (exact) mass is 238 g/mol. The molecule has 2 saturated carbocycles. The van der Waals surface area contributed by atoms with Gasteiger partial charge in [-0.1, -0.05) is 32.4 Å². The number of hydrogen-bond acceptors (Lipinski definition) is 2. The molecule has 0 amide bonds. The number of rotatable bonds is 2. The molecular formula is C15H26O2. The predicted octanol–water partition coefficient (Wildman–Crippen LogP) is 2.75. The number of hydrogen-bond donors (Lipinski definition) is 2. The molecule has 2 nitrogen and oxygen atoms in total. The van der Waals surface area contributed by atoms with Crippen LogP contribution in [-0.2, 0) is 0 Å². The summed E-state index contributed by atoms with van der Waals surface area (Å²) in [6.45, 7) is 9.17. The third kappa shape index (κ3) is 1.86. The maximum absolute atomic E-state index is 9.74. The summed E-state index contributed by atoms with van der Waals surface area (Å²) in [5, 5.41) is 19.4. The second kappa shape index (κ2) is 4.40. The average molecular weight is 238 g/mol. The summed E-state index contributed by atoms with van der Waals surface area (Å²) < 4.78 is 0. The molecule has 2 fully saturated rings. The second-order valence-electron chi connectivity index (χ2n) is 6.66. The normalized spacial score (nSPS) is 46.7. The van der Waals surface area contributed by atoms with Gasteiger partial charge in [0.25, 0.3) is 0 Å². The minimum atomic E-state index is 0.0428. The van der Waals surface area contributed by atoms with Crippen molar-refractivity contribution >= 4 is 0 Å². The standard InChI is InChI=1S/C15H26O2/c1-11-5-6-13-14(2,10-17)7-4-8-15(13,3)12(11)9-16/h12-13,16-17H,1,4-10H2,2-3H3. The predicted molar refractivity (Wildman–Crippen MR) is 69.6 cm³/mol. The summed E-state index contributed by atoms with van der Waals surface area (Å²) in [6, 6.07) is 0. The van der Waals surface area contributed by atoms with Crippen LogP contribution in [0, 0.1) is 22.7 Å². The van der Waals surface area contributed by atoms with Crippen molar-refractivity contribution in [2.45, 2.75) is 46.0 Å². The molecule has 0 aliphatic heterocycles. The van der Waals surface area contributed by atoms with Gasteiger partial charge in [-0.3, -0.25) is 0 Å². The van der Waals surface area contributed by atoms with E-state index < -0.39 is 0 Å². The molecule has 2 aliphatic rings. The van der Waals surface area contributed by atoms with Gasteiger partial charge in [0.2, 0.25) is 0 Å². The van der Waals surface area contributed by atoms with Crippen molar-refractivity contribution in [1.29, 1.82) is 0 Å². The van der Waals surface area contributed by atoms with Crippen molar-refractivity contribution < 1.29 is 10.2 Å². The van der Waals surface area contributed by atoms with Crippen LogP contribution in [0.2, 0.25) is 0 Å². The first-order valence-corrected chi connectivity index (χ1v) is 6.87. The largest absolute Gasteiger partial charge is 0.396 e. The number of fused-ring (bicyclic) bond motifs is 1. The highest BCUT2D eigenvalue weighted by Gasteiger charge is 2.54. The van der Waals surface area contributed by atoms with Crippen LogP contribution in [0.1, 0.15) is 46.0 Å². The van der Waals surface area contributed by atoms with E-state index in [0.717, 1.165) is 32.1 Å². The summed E-state index contributed by atoms with van der Waals surface area (Å²) in [7, 11) is 0. The van der Waals surface area contributed by atoms with Gasteiger partial charge in [-0.05, 0) is 42.4 Å². The maximum Gasteiger partial charge on any atom is 0.0501 e. The molecular weight excluding hydrogens is 212 g/mol. The molecule has 2 heteroatoms. The van der Waals surface area contributed by atoms with Gasteiger partial charge in [0.15, 0.2) is 0 Å². The minimum absolute atomic E-state index is 0.0428. The lowest BCUT2D eigenvalue weighted by atomic mass is 9.47. The summed E-state index contributed by atoms with van der Waals surface area (Å²) in [5.41, 5.74) is 1.40. The Hall–Kier alpha value is -0.340. The Morgan fingerprint density at radius 1 is 1.29 bits per heavy atom. The zero-order valence-corrected chi connectivity index (χ0v) is 11.2. The van der Waals surface area contributed by atoms with Crippen molar-refractivity contribution in [3.63, 3.8) is 0 Å². The molecule has 17 heavy (non-hydrogen) atoms. The quantitative estimate of drug-likeness (QED) is 0.726. The summed E-state index contributed by atoms with van der Waals surface area (Å²) in [5.74, 6) is 0.754. The Bertz CT molecular complexity index is 312. The first-order chi connectivity index (χ1) is 7.98. The van der Waals surface area contributed by atoms with E-state index in [2.05, 4.69) is 20.4 Å². The number of aliphatic hydroxyl groups excluding tert-OH is 2. The van der Waals surface area contributed by atoms with Crippen LogP contribution >= 0.6 is 0 Å². The SMILES string of the molecule is C=C1CCC2C(C)(CO)CCCC2(C)C1CO. The van der Waals surface area contributed by atoms with E-state index in [1.165, 1.54) is 5.57 Å². The van der Waals surface area contributed by atoms with Crippen molar-refractivity contribution in [2.75, 3.05) is 13.2 Å². The van der Waals surface area contributed by atoms with E-state index in [1.807, 2.05) is 0 Å². The third-order valence-electron chi connectivity index (χ3n) is 5.69. The molecule has 0 bridgehead atoms. The Morgan fingerprint density at radius 3 is 2.59 bits per heavy atom. The van der Waals surface area contributed by atoms with Crippen LogP contribution in [0.25, 0.3) is 0 Å². The first-order valence-electron chi connectivity index (χ1n) is 6.87. The Labute approximate surface area is 105 Å². The van der Waals surface area contributed by atoms with Crippen molar-refractivity contribution in [2.24, 2.45) is 22.7 Å². The van der Waals surface area contributed by atoms with Crippen LogP contribution in [0.5, 0.6) is 0 Å². The highest BCUT2D eigenvalue weighted by atomic mass is 16.3. The topological polar surface area (TPSA) is 40.5 Å². The molecule has 0 saturated heterocycles. The molecule has 0 spiro atoms. The van der Waals surface area contributed by atoms with Crippen LogP contribution in [-0.4, -0.2) is 23.4 Å². The van der Waals surface area contributed by atoms with Gasteiger partial charge >= 0.3 is 0 Å². The highest BCUT2D eigenvalue weighted by Crippen LogP contribution is 2.60. The number of aliphatic hydroxyl groups is 2. The maximum atomic E-state index is 9.74. The summed E-state index contributed by atoms with van der Waals surface area (Å²) in [4.78, 5) is 0. The van der Waals surface area contributed by atoms with Gasteiger partial charge in [0.05, 0.1) is 6.61 Å². The van der Waals surface area contributed by atoms with E-state index in [4.69, 9.17) is 0 Å². The molecule has 0 aromatic rings. The van der Waals surface area contributed by atoms with Crippen LogP contribution in [0.15, 0.2) is 12.2 Å². The lowest BCUT2D eigenvalue weighted by Crippen LogP contribution is -2.52. The molecule has 4 atom stereocenters. The van der Waals surface area contributed by atoms with E-state index in [0.29, 0.717) is 5.92 Å². The summed E-state index contributed by atoms with van der Waals surface area (Å²) in [6.07, 6.45) is 5.59. The Balaban J connectivity index is 2.35. The fraction of sp³-hybridized carbons (Fsp3) is 0.867. The van der Waals surface area contributed by atoms with Gasteiger partial charge in [0, 0.05) is 12.5 Å². The van der Waals surface area contributed by atoms with Gasteiger partial charge in [-0.25, -0.2) is 0 Å². The molecule has 0 radical (unpaired) electrons. The second-order valence-corrected chi connectivity index (χ2v) is 6.66. The zero-order chi connectivity index (χ0) is 12.7. The fourth-order valence-corrected chi connectivity index (χ4v) is 4.61. The smallest absolute Gasteiger partial charge is 0.0501 e. The van der Waals surface area contributed by atoms with Crippen LogP contribution in [0.4, 0.5) is 0 Å². The molecule has 98 valence electrons. The molecule has 0 aromatic carbocycles. The molecule has 0 aromatic heterocycles.